The van der Waals surface area contributed by atoms with Crippen LogP contribution in [-0.4, -0.2) is 23.2 Å². The lowest BCUT2D eigenvalue weighted by molar-refractivity contribution is -0.143. The van der Waals surface area contributed by atoms with Gasteiger partial charge in [0.1, 0.15) is 11.3 Å². The number of benzene rings is 1. The standard InChI is InChI=1S/C13H17NO3/c1-2-17-11-5-3-4-9-8-13(14,12(15)16)7-6-10(9)11/h3-5H,2,6-8,14H2,1H3,(H,15,16)/t13-/m1/s1. The summed E-state index contributed by atoms with van der Waals surface area (Å²) in [6.07, 6.45) is 1.49. The molecule has 92 valence electrons. The van der Waals surface area contributed by atoms with Gasteiger partial charge in [-0.05, 0) is 37.0 Å². The van der Waals surface area contributed by atoms with Crippen molar-refractivity contribution in [2.45, 2.75) is 31.7 Å². The molecule has 17 heavy (non-hydrogen) atoms. The molecule has 0 saturated heterocycles. The highest BCUT2D eigenvalue weighted by Crippen LogP contribution is 2.33. The molecule has 2 rings (SSSR count). The van der Waals surface area contributed by atoms with E-state index in [0.717, 1.165) is 16.9 Å². The van der Waals surface area contributed by atoms with E-state index >= 15 is 0 Å². The number of nitrogens with two attached hydrogens (primary N) is 1. The fraction of sp³-hybridized carbons (Fsp3) is 0.462. The maximum atomic E-state index is 11.1. The first-order valence-electron chi connectivity index (χ1n) is 5.82. The fourth-order valence-corrected chi connectivity index (χ4v) is 2.31. The Labute approximate surface area is 100 Å². The minimum Gasteiger partial charge on any atom is -0.494 e. The molecule has 3 N–H and O–H groups in total. The highest BCUT2D eigenvalue weighted by molar-refractivity contribution is 5.79. The van der Waals surface area contributed by atoms with Crippen molar-refractivity contribution in [1.29, 1.82) is 0 Å². The third-order valence-electron chi connectivity index (χ3n) is 3.28. The Kier molecular flexibility index (Phi) is 3.07. The summed E-state index contributed by atoms with van der Waals surface area (Å²) in [6.45, 7) is 2.55. The van der Waals surface area contributed by atoms with E-state index in [2.05, 4.69) is 0 Å². The SMILES string of the molecule is CCOc1cccc2c1CC[C@](N)(C(=O)O)C2. The van der Waals surface area contributed by atoms with Gasteiger partial charge in [0.25, 0.3) is 0 Å². The van der Waals surface area contributed by atoms with Gasteiger partial charge in [0.2, 0.25) is 0 Å². The predicted molar refractivity (Wildman–Crippen MR) is 64.2 cm³/mol. The van der Waals surface area contributed by atoms with Crippen LogP contribution in [0.1, 0.15) is 24.5 Å². The fourth-order valence-electron chi connectivity index (χ4n) is 2.31. The van der Waals surface area contributed by atoms with E-state index < -0.39 is 11.5 Å². The number of carboxylic acids is 1. The first kappa shape index (κ1) is 11.9. The topological polar surface area (TPSA) is 72.5 Å². The molecule has 0 aliphatic heterocycles. The number of ether oxygens (including phenoxy) is 1. The normalized spacial score (nSPS) is 22.9. The van der Waals surface area contributed by atoms with Crippen LogP contribution in [0.25, 0.3) is 0 Å². The third kappa shape index (κ3) is 2.13. The van der Waals surface area contributed by atoms with Crippen LogP contribution < -0.4 is 10.5 Å². The Morgan fingerprint density at radius 3 is 3.00 bits per heavy atom. The average Bonchev–Trinajstić information content (AvgIpc) is 2.29. The minimum absolute atomic E-state index is 0.374. The molecule has 0 amide bonds. The van der Waals surface area contributed by atoms with Crippen LogP contribution in [0.15, 0.2) is 18.2 Å². The van der Waals surface area contributed by atoms with Crippen LogP contribution in [0.4, 0.5) is 0 Å². The maximum absolute atomic E-state index is 11.1. The van der Waals surface area contributed by atoms with Gasteiger partial charge >= 0.3 is 5.97 Å². The highest BCUT2D eigenvalue weighted by atomic mass is 16.5. The molecule has 0 unspecified atom stereocenters. The van der Waals surface area contributed by atoms with Gasteiger partial charge in [0.15, 0.2) is 0 Å². The number of hydrogen-bond acceptors (Lipinski definition) is 3. The summed E-state index contributed by atoms with van der Waals surface area (Å²) in [5.74, 6) is -0.0672. The van der Waals surface area contributed by atoms with Crippen molar-refractivity contribution in [3.63, 3.8) is 0 Å². The number of aliphatic carboxylic acids is 1. The number of carboxylic acid groups (broad SMARTS) is 1. The van der Waals surface area contributed by atoms with Gasteiger partial charge in [-0.2, -0.15) is 0 Å². The first-order chi connectivity index (χ1) is 8.07. The summed E-state index contributed by atoms with van der Waals surface area (Å²) in [7, 11) is 0. The maximum Gasteiger partial charge on any atom is 0.324 e. The molecular weight excluding hydrogens is 218 g/mol. The lowest BCUT2D eigenvalue weighted by atomic mass is 9.78. The zero-order valence-corrected chi connectivity index (χ0v) is 9.90. The summed E-state index contributed by atoms with van der Waals surface area (Å²) in [4.78, 5) is 11.1. The molecule has 1 atom stereocenters. The number of hydrogen-bond donors (Lipinski definition) is 2. The van der Waals surface area contributed by atoms with Crippen LogP contribution in [0.2, 0.25) is 0 Å². The van der Waals surface area contributed by atoms with Crippen molar-refractivity contribution in [1.82, 2.24) is 0 Å². The van der Waals surface area contributed by atoms with E-state index in [1.54, 1.807) is 0 Å². The summed E-state index contributed by atoms with van der Waals surface area (Å²) >= 11 is 0. The first-order valence-corrected chi connectivity index (χ1v) is 5.82. The Morgan fingerprint density at radius 2 is 2.35 bits per heavy atom. The predicted octanol–water partition coefficient (Wildman–Crippen LogP) is 1.36. The Balaban J connectivity index is 2.34. The Morgan fingerprint density at radius 1 is 1.59 bits per heavy atom. The van der Waals surface area contributed by atoms with Crippen molar-refractivity contribution >= 4 is 5.97 Å². The van der Waals surface area contributed by atoms with Gasteiger partial charge in [-0.25, -0.2) is 0 Å². The van der Waals surface area contributed by atoms with Gasteiger partial charge in [0.05, 0.1) is 6.61 Å². The van der Waals surface area contributed by atoms with Crippen molar-refractivity contribution in [2.24, 2.45) is 5.73 Å². The number of fused-ring (bicyclic) bond motifs is 1. The molecule has 0 fully saturated rings. The van der Waals surface area contributed by atoms with E-state index in [0.29, 0.717) is 25.9 Å². The Hall–Kier alpha value is -1.55. The smallest absolute Gasteiger partial charge is 0.324 e. The van der Waals surface area contributed by atoms with Gasteiger partial charge in [-0.1, -0.05) is 12.1 Å². The molecule has 0 bridgehead atoms. The molecule has 1 aliphatic rings. The summed E-state index contributed by atoms with van der Waals surface area (Å²) in [5.41, 5.74) is 6.87. The second-order valence-electron chi connectivity index (χ2n) is 4.46. The van der Waals surface area contributed by atoms with E-state index in [4.69, 9.17) is 15.6 Å². The van der Waals surface area contributed by atoms with Crippen LogP contribution >= 0.6 is 0 Å². The molecule has 0 radical (unpaired) electrons. The van der Waals surface area contributed by atoms with Crippen LogP contribution in [0, 0.1) is 0 Å². The van der Waals surface area contributed by atoms with E-state index in [1.807, 2.05) is 25.1 Å². The largest absolute Gasteiger partial charge is 0.494 e. The van der Waals surface area contributed by atoms with Gasteiger partial charge in [0, 0.05) is 6.42 Å². The second-order valence-corrected chi connectivity index (χ2v) is 4.46. The molecule has 0 saturated carbocycles. The minimum atomic E-state index is -1.13. The number of rotatable bonds is 3. The van der Waals surface area contributed by atoms with Gasteiger partial charge in [-0.15, -0.1) is 0 Å². The Bertz CT molecular complexity index is 444. The molecule has 0 spiro atoms. The number of carbonyl (C=O) groups is 1. The summed E-state index contributed by atoms with van der Waals surface area (Å²) in [6, 6.07) is 5.74. The lowest BCUT2D eigenvalue weighted by Gasteiger charge is -2.31. The van der Waals surface area contributed by atoms with Crippen LogP contribution in [0.5, 0.6) is 5.75 Å². The van der Waals surface area contributed by atoms with Crippen LogP contribution in [-0.2, 0) is 17.6 Å². The summed E-state index contributed by atoms with van der Waals surface area (Å²) < 4.78 is 5.54. The second kappa shape index (κ2) is 4.37. The van der Waals surface area contributed by atoms with Gasteiger partial charge < -0.3 is 15.6 Å². The van der Waals surface area contributed by atoms with Crippen molar-refractivity contribution in [3.8, 4) is 5.75 Å². The third-order valence-corrected chi connectivity index (χ3v) is 3.28. The monoisotopic (exact) mass is 235 g/mol. The molecule has 4 heteroatoms. The van der Waals surface area contributed by atoms with E-state index in [-0.39, 0.29) is 0 Å². The summed E-state index contributed by atoms with van der Waals surface area (Å²) in [5, 5.41) is 9.14. The molecule has 1 aromatic carbocycles. The van der Waals surface area contributed by atoms with E-state index in [9.17, 15) is 4.79 Å². The zero-order chi connectivity index (χ0) is 12.5. The quantitative estimate of drug-likeness (QED) is 0.829. The van der Waals surface area contributed by atoms with Crippen molar-refractivity contribution in [2.75, 3.05) is 6.61 Å². The molecule has 0 aromatic heterocycles. The molecular formula is C13H17NO3. The van der Waals surface area contributed by atoms with Gasteiger partial charge in [-0.3, -0.25) is 4.79 Å². The van der Waals surface area contributed by atoms with Crippen molar-refractivity contribution < 1.29 is 14.6 Å². The van der Waals surface area contributed by atoms with E-state index in [1.165, 1.54) is 0 Å². The lowest BCUT2D eigenvalue weighted by Crippen LogP contribution is -2.52. The van der Waals surface area contributed by atoms with Crippen LogP contribution in [0.3, 0.4) is 0 Å². The average molecular weight is 235 g/mol. The van der Waals surface area contributed by atoms with Crippen molar-refractivity contribution in [3.05, 3.63) is 29.3 Å². The molecule has 1 aromatic rings. The molecule has 1 aliphatic carbocycles. The molecule has 0 heterocycles. The molecule has 4 nitrogen and oxygen atoms in total. The highest BCUT2D eigenvalue weighted by Gasteiger charge is 2.38. The zero-order valence-electron chi connectivity index (χ0n) is 9.90.